The predicted molar refractivity (Wildman–Crippen MR) is 97.4 cm³/mol. The van der Waals surface area contributed by atoms with Gasteiger partial charge >= 0.3 is 6.18 Å². The lowest BCUT2D eigenvalue weighted by Crippen LogP contribution is -2.26. The number of benzene rings is 1. The minimum Gasteiger partial charge on any atom is -0.345 e. The maximum absolute atomic E-state index is 12.7. The Bertz CT molecular complexity index is 937. The molecule has 1 unspecified atom stereocenters. The van der Waals surface area contributed by atoms with Gasteiger partial charge in [-0.1, -0.05) is 12.1 Å². The minimum atomic E-state index is -4.38. The van der Waals surface area contributed by atoms with Crippen molar-refractivity contribution in [3.05, 3.63) is 70.5 Å². The molecule has 0 aliphatic heterocycles. The lowest BCUT2D eigenvalue weighted by atomic mass is 10.1. The van der Waals surface area contributed by atoms with E-state index in [0.717, 1.165) is 29.0 Å². The van der Waals surface area contributed by atoms with Crippen molar-refractivity contribution in [1.29, 1.82) is 0 Å². The van der Waals surface area contributed by atoms with E-state index < -0.39 is 11.7 Å². The summed E-state index contributed by atoms with van der Waals surface area (Å²) < 4.78 is 38.1. The van der Waals surface area contributed by atoms with Crippen molar-refractivity contribution in [2.24, 2.45) is 0 Å². The molecule has 0 aliphatic carbocycles. The fourth-order valence-corrected chi connectivity index (χ4v) is 3.50. The van der Waals surface area contributed by atoms with Gasteiger partial charge in [-0.15, -0.1) is 11.3 Å². The molecule has 3 aromatic rings. The van der Waals surface area contributed by atoms with Gasteiger partial charge in [0.05, 0.1) is 17.3 Å². The average Bonchev–Trinajstić information content (AvgIpc) is 3.03. The number of carbonyl (C=O) groups is 1. The summed E-state index contributed by atoms with van der Waals surface area (Å²) in [6, 6.07) is 8.17. The van der Waals surface area contributed by atoms with Crippen molar-refractivity contribution >= 4 is 17.2 Å². The summed E-state index contributed by atoms with van der Waals surface area (Å²) in [4.78, 5) is 21.3. The Morgan fingerprint density at radius 3 is 2.33 bits per heavy atom. The molecule has 1 amide bonds. The molecule has 2 aromatic heterocycles. The lowest BCUT2D eigenvalue weighted by Gasteiger charge is -2.13. The van der Waals surface area contributed by atoms with Crippen LogP contribution in [0.5, 0.6) is 0 Å². The first-order chi connectivity index (χ1) is 12.8. The number of carbonyl (C=O) groups excluding carboxylic acids is 1. The Morgan fingerprint density at radius 1 is 1.11 bits per heavy atom. The highest BCUT2D eigenvalue weighted by Gasteiger charge is 2.30. The molecule has 0 fully saturated rings. The molecule has 0 aliphatic rings. The number of alkyl halides is 3. The molecule has 1 atom stereocenters. The van der Waals surface area contributed by atoms with Crippen LogP contribution in [0.3, 0.4) is 0 Å². The molecule has 2 heterocycles. The quantitative estimate of drug-likeness (QED) is 0.679. The molecule has 0 saturated carbocycles. The molecule has 8 heteroatoms. The second-order valence-electron chi connectivity index (χ2n) is 5.98. The van der Waals surface area contributed by atoms with Gasteiger partial charge in [0, 0.05) is 18.0 Å². The first-order valence-electron chi connectivity index (χ1n) is 8.11. The molecule has 140 valence electrons. The molecule has 3 rings (SSSR count). The van der Waals surface area contributed by atoms with Gasteiger partial charge in [0.1, 0.15) is 9.88 Å². The third-order valence-corrected chi connectivity index (χ3v) is 5.22. The zero-order chi connectivity index (χ0) is 19.6. The molecular formula is C19H16F3N3OS. The summed E-state index contributed by atoms with van der Waals surface area (Å²) in [5, 5.41) is 3.40. The van der Waals surface area contributed by atoms with Crippen LogP contribution >= 0.6 is 11.3 Å². The van der Waals surface area contributed by atoms with Crippen LogP contribution in [0.15, 0.2) is 48.8 Å². The van der Waals surface area contributed by atoms with Crippen LogP contribution in [0, 0.1) is 6.92 Å². The topological polar surface area (TPSA) is 54.9 Å². The lowest BCUT2D eigenvalue weighted by molar-refractivity contribution is -0.137. The standard InChI is InChI=1S/C19H16F3N3OS/c1-11(13-7-9-23-10-8-13)24-17(26)16-12(2)25-18(27-16)14-3-5-15(6-4-14)19(20,21)22/h3-11H,1-2H3,(H,24,26). The highest BCUT2D eigenvalue weighted by Crippen LogP contribution is 2.33. The molecule has 1 aromatic carbocycles. The largest absolute Gasteiger partial charge is 0.416 e. The van der Waals surface area contributed by atoms with Crippen LogP contribution in [0.2, 0.25) is 0 Å². The first kappa shape index (κ1) is 19.0. The summed E-state index contributed by atoms with van der Waals surface area (Å²) in [6.07, 6.45) is -1.08. The molecule has 0 radical (unpaired) electrons. The summed E-state index contributed by atoms with van der Waals surface area (Å²) in [5.41, 5.74) is 1.28. The number of rotatable bonds is 4. The fourth-order valence-electron chi connectivity index (χ4n) is 2.53. The van der Waals surface area contributed by atoms with E-state index in [0.29, 0.717) is 21.1 Å². The number of aromatic nitrogens is 2. The molecular weight excluding hydrogens is 375 g/mol. The monoisotopic (exact) mass is 391 g/mol. The minimum absolute atomic E-state index is 0.212. The summed E-state index contributed by atoms with van der Waals surface area (Å²) >= 11 is 1.15. The van der Waals surface area contributed by atoms with Gasteiger partial charge in [-0.05, 0) is 43.7 Å². The van der Waals surface area contributed by atoms with E-state index in [1.165, 1.54) is 12.1 Å². The van der Waals surface area contributed by atoms with E-state index in [2.05, 4.69) is 15.3 Å². The summed E-state index contributed by atoms with van der Waals surface area (Å²) in [7, 11) is 0. The number of halogens is 3. The molecule has 0 spiro atoms. The highest BCUT2D eigenvalue weighted by atomic mass is 32.1. The first-order valence-corrected chi connectivity index (χ1v) is 8.93. The maximum atomic E-state index is 12.7. The third-order valence-electron chi connectivity index (χ3n) is 4.02. The molecule has 4 nitrogen and oxygen atoms in total. The predicted octanol–water partition coefficient (Wildman–Crippen LogP) is 5.02. The van der Waals surface area contributed by atoms with Crippen LogP contribution in [0.4, 0.5) is 13.2 Å². The average molecular weight is 391 g/mol. The van der Waals surface area contributed by atoms with E-state index in [9.17, 15) is 18.0 Å². The van der Waals surface area contributed by atoms with Crippen LogP contribution in [-0.2, 0) is 6.18 Å². The van der Waals surface area contributed by atoms with Gasteiger partial charge < -0.3 is 5.32 Å². The van der Waals surface area contributed by atoms with Crippen molar-refractivity contribution in [3.8, 4) is 10.6 Å². The van der Waals surface area contributed by atoms with E-state index in [4.69, 9.17) is 0 Å². The van der Waals surface area contributed by atoms with Crippen molar-refractivity contribution in [2.45, 2.75) is 26.1 Å². The number of hydrogen-bond acceptors (Lipinski definition) is 4. The number of thiazole rings is 1. The molecule has 1 N–H and O–H groups in total. The van der Waals surface area contributed by atoms with Crippen molar-refractivity contribution in [1.82, 2.24) is 15.3 Å². The Labute approximate surface area is 158 Å². The highest BCUT2D eigenvalue weighted by molar-refractivity contribution is 7.17. The second-order valence-corrected chi connectivity index (χ2v) is 6.98. The van der Waals surface area contributed by atoms with Gasteiger partial charge in [-0.2, -0.15) is 13.2 Å². The van der Waals surface area contributed by atoms with E-state index >= 15 is 0 Å². The van der Waals surface area contributed by atoms with Crippen molar-refractivity contribution in [2.75, 3.05) is 0 Å². The van der Waals surface area contributed by atoms with Gasteiger partial charge in [-0.3, -0.25) is 9.78 Å². The Morgan fingerprint density at radius 2 is 1.74 bits per heavy atom. The molecule has 0 bridgehead atoms. The second kappa shape index (κ2) is 7.48. The van der Waals surface area contributed by atoms with Gasteiger partial charge in [-0.25, -0.2) is 4.98 Å². The van der Waals surface area contributed by atoms with Crippen molar-refractivity contribution < 1.29 is 18.0 Å². The summed E-state index contributed by atoms with van der Waals surface area (Å²) in [5.74, 6) is -0.271. The maximum Gasteiger partial charge on any atom is 0.416 e. The van der Waals surface area contributed by atoms with Gasteiger partial charge in [0.25, 0.3) is 5.91 Å². The van der Waals surface area contributed by atoms with Gasteiger partial charge in [0.2, 0.25) is 0 Å². The van der Waals surface area contributed by atoms with Crippen molar-refractivity contribution in [3.63, 3.8) is 0 Å². The molecule has 27 heavy (non-hydrogen) atoms. The smallest absolute Gasteiger partial charge is 0.345 e. The molecule has 0 saturated heterocycles. The number of nitrogens with zero attached hydrogens (tertiary/aromatic N) is 2. The Balaban J connectivity index is 1.79. The third kappa shape index (κ3) is 4.33. The van der Waals surface area contributed by atoms with Gasteiger partial charge in [0.15, 0.2) is 0 Å². The number of nitrogens with one attached hydrogen (secondary N) is 1. The van der Waals surface area contributed by atoms with Crippen LogP contribution in [-0.4, -0.2) is 15.9 Å². The number of hydrogen-bond donors (Lipinski definition) is 1. The zero-order valence-corrected chi connectivity index (χ0v) is 15.4. The number of pyridine rings is 1. The Kier molecular flexibility index (Phi) is 5.27. The summed E-state index contributed by atoms with van der Waals surface area (Å²) in [6.45, 7) is 3.57. The SMILES string of the molecule is Cc1nc(-c2ccc(C(F)(F)F)cc2)sc1C(=O)NC(C)c1ccncc1. The number of amides is 1. The van der Waals surface area contributed by atoms with Crippen LogP contribution < -0.4 is 5.32 Å². The van der Waals surface area contributed by atoms with E-state index in [1.807, 2.05) is 19.1 Å². The van der Waals surface area contributed by atoms with E-state index in [1.54, 1.807) is 19.3 Å². The zero-order valence-electron chi connectivity index (χ0n) is 14.5. The van der Waals surface area contributed by atoms with Crippen LogP contribution in [0.1, 0.15) is 39.5 Å². The van der Waals surface area contributed by atoms with Crippen LogP contribution in [0.25, 0.3) is 10.6 Å². The fraction of sp³-hybridized carbons (Fsp3) is 0.211. The van der Waals surface area contributed by atoms with E-state index in [-0.39, 0.29) is 11.9 Å². The number of aryl methyl sites for hydroxylation is 1. The normalized spacial score (nSPS) is 12.6. The Hall–Kier alpha value is -2.74.